The maximum Gasteiger partial charge on any atom is 0.316 e. The fourth-order valence-corrected chi connectivity index (χ4v) is 9.48. The maximum absolute atomic E-state index is 13.9. The van der Waals surface area contributed by atoms with E-state index in [1.165, 1.54) is 16.7 Å². The van der Waals surface area contributed by atoms with Crippen LogP contribution in [0.25, 0.3) is 0 Å². The normalized spacial score (nSPS) is 46.4. The van der Waals surface area contributed by atoms with Gasteiger partial charge in [-0.1, -0.05) is 50.5 Å². The molecule has 3 fully saturated rings. The maximum atomic E-state index is 13.9. The molecular weight excluding hydrogens is 440 g/mol. The minimum absolute atomic E-state index is 0.0971. The molecule has 0 aromatic carbocycles. The Balaban J connectivity index is 1.55. The standard InChI is InChI=1S/C30H46O5/c1-24(2,33)13-8-14-28(7)30(34)18-17-27(6)20-9-10-21-25(3,4)22(31)12-15-26(21,5)19(20)11-16-29(27,30)23(32)35-28/h10,22,31,33-34H,8-9,11-18H2,1-7H3/t22-,26+,27-,28?,29?,30-/m0/s1. The predicted octanol–water partition coefficient (Wildman–Crippen LogP) is 5.37. The Morgan fingerprint density at radius 2 is 1.74 bits per heavy atom. The number of ether oxygens (including phenoxy) is 1. The molecule has 1 aliphatic heterocycles. The van der Waals surface area contributed by atoms with Gasteiger partial charge in [0.25, 0.3) is 0 Å². The zero-order valence-corrected chi connectivity index (χ0v) is 22.9. The summed E-state index contributed by atoms with van der Waals surface area (Å²) in [5.41, 5.74) is -0.509. The monoisotopic (exact) mass is 486 g/mol. The lowest BCUT2D eigenvalue weighted by molar-refractivity contribution is -0.158. The first-order chi connectivity index (χ1) is 16.0. The average molecular weight is 487 g/mol. The highest BCUT2D eigenvalue weighted by atomic mass is 16.6. The van der Waals surface area contributed by atoms with Crippen LogP contribution in [0.15, 0.2) is 22.8 Å². The molecule has 1 spiro atoms. The van der Waals surface area contributed by atoms with Crippen molar-refractivity contribution in [3.63, 3.8) is 0 Å². The molecule has 2 unspecified atom stereocenters. The Morgan fingerprint density at radius 3 is 2.40 bits per heavy atom. The van der Waals surface area contributed by atoms with E-state index < -0.39 is 27.6 Å². The van der Waals surface area contributed by atoms with Crippen LogP contribution in [-0.4, -0.2) is 44.2 Å². The number of fused-ring (bicyclic) bond motifs is 3. The van der Waals surface area contributed by atoms with Crippen molar-refractivity contribution in [2.24, 2.45) is 21.7 Å². The van der Waals surface area contributed by atoms with Gasteiger partial charge in [-0.3, -0.25) is 4.79 Å². The van der Waals surface area contributed by atoms with Crippen LogP contribution in [0.3, 0.4) is 0 Å². The van der Waals surface area contributed by atoms with Crippen LogP contribution in [0.1, 0.15) is 113 Å². The zero-order chi connectivity index (χ0) is 25.9. The average Bonchev–Trinajstić information content (AvgIpc) is 3.09. The number of aliphatic hydroxyl groups is 3. The van der Waals surface area contributed by atoms with Gasteiger partial charge in [-0.25, -0.2) is 0 Å². The molecule has 1 saturated heterocycles. The van der Waals surface area contributed by atoms with Crippen molar-refractivity contribution in [2.45, 2.75) is 136 Å². The smallest absolute Gasteiger partial charge is 0.316 e. The molecule has 0 radical (unpaired) electrons. The third-order valence-electron chi connectivity index (χ3n) is 11.6. The first kappa shape index (κ1) is 25.5. The van der Waals surface area contributed by atoms with E-state index in [1.54, 1.807) is 13.8 Å². The van der Waals surface area contributed by atoms with Crippen molar-refractivity contribution in [3.8, 4) is 0 Å². The van der Waals surface area contributed by atoms with Crippen molar-refractivity contribution in [1.82, 2.24) is 0 Å². The van der Waals surface area contributed by atoms with E-state index in [0.29, 0.717) is 32.1 Å². The van der Waals surface area contributed by atoms with Crippen molar-refractivity contribution in [3.05, 3.63) is 22.8 Å². The Labute approximate surface area is 211 Å². The number of carbonyl (C=O) groups is 1. The Hall–Kier alpha value is -1.17. The summed E-state index contributed by atoms with van der Waals surface area (Å²) < 4.78 is 6.18. The molecule has 5 rings (SSSR count). The molecular formula is C30H46O5. The largest absolute Gasteiger partial charge is 0.456 e. The van der Waals surface area contributed by atoms with Gasteiger partial charge >= 0.3 is 5.97 Å². The molecule has 5 aliphatic rings. The molecule has 6 atom stereocenters. The summed E-state index contributed by atoms with van der Waals surface area (Å²) in [5.74, 6) is -0.225. The molecule has 0 amide bonds. The lowest BCUT2D eigenvalue weighted by Gasteiger charge is -2.58. The number of allylic oxidation sites excluding steroid dienone is 3. The van der Waals surface area contributed by atoms with E-state index in [1.807, 2.05) is 6.92 Å². The molecule has 35 heavy (non-hydrogen) atoms. The molecule has 5 nitrogen and oxygen atoms in total. The number of hydrogen-bond donors (Lipinski definition) is 3. The van der Waals surface area contributed by atoms with Crippen LogP contribution in [0.2, 0.25) is 0 Å². The summed E-state index contributed by atoms with van der Waals surface area (Å²) in [4.78, 5) is 13.9. The van der Waals surface area contributed by atoms with Gasteiger partial charge in [-0.15, -0.1) is 0 Å². The summed E-state index contributed by atoms with van der Waals surface area (Å²) in [6.45, 7) is 14.4. The summed E-state index contributed by atoms with van der Waals surface area (Å²) in [7, 11) is 0. The number of hydrogen-bond acceptors (Lipinski definition) is 5. The molecule has 5 heteroatoms. The van der Waals surface area contributed by atoms with Crippen molar-refractivity contribution in [2.75, 3.05) is 0 Å². The number of esters is 1. The van der Waals surface area contributed by atoms with E-state index in [2.05, 4.69) is 33.8 Å². The molecule has 4 aliphatic carbocycles. The number of aliphatic hydroxyl groups excluding tert-OH is 1. The zero-order valence-electron chi connectivity index (χ0n) is 22.9. The minimum Gasteiger partial charge on any atom is -0.456 e. The molecule has 0 aromatic rings. The van der Waals surface area contributed by atoms with Gasteiger partial charge in [0.05, 0.1) is 11.7 Å². The van der Waals surface area contributed by atoms with E-state index in [0.717, 1.165) is 32.1 Å². The molecule has 0 bridgehead atoms. The van der Waals surface area contributed by atoms with E-state index in [4.69, 9.17) is 4.74 Å². The van der Waals surface area contributed by atoms with Crippen LogP contribution in [-0.2, 0) is 9.53 Å². The lowest BCUT2D eigenvalue weighted by atomic mass is 9.45. The quantitative estimate of drug-likeness (QED) is 0.367. The topological polar surface area (TPSA) is 87.0 Å². The van der Waals surface area contributed by atoms with Gasteiger partial charge < -0.3 is 20.1 Å². The minimum atomic E-state index is -1.21. The molecule has 3 N–H and O–H groups in total. The second kappa shape index (κ2) is 7.23. The highest BCUT2D eigenvalue weighted by Gasteiger charge is 2.82. The van der Waals surface area contributed by atoms with Gasteiger partial charge in [0.2, 0.25) is 0 Å². The number of cyclic esters (lactones) is 1. The van der Waals surface area contributed by atoms with Crippen molar-refractivity contribution < 1.29 is 24.9 Å². The van der Waals surface area contributed by atoms with E-state index in [-0.39, 0.29) is 22.9 Å². The molecule has 2 saturated carbocycles. The summed E-state index contributed by atoms with van der Waals surface area (Å²) >= 11 is 0. The molecule has 0 aromatic heterocycles. The van der Waals surface area contributed by atoms with Crippen LogP contribution in [0.5, 0.6) is 0 Å². The van der Waals surface area contributed by atoms with Gasteiger partial charge in [-0.05, 0) is 85.0 Å². The highest BCUT2D eigenvalue weighted by Crippen LogP contribution is 2.76. The first-order valence-electron chi connectivity index (χ1n) is 13.8. The van der Waals surface area contributed by atoms with Gasteiger partial charge in [-0.2, -0.15) is 0 Å². The third kappa shape index (κ3) is 2.95. The fraction of sp³-hybridized carbons (Fsp3) is 0.833. The van der Waals surface area contributed by atoms with Crippen LogP contribution in [0.4, 0.5) is 0 Å². The first-order valence-corrected chi connectivity index (χ1v) is 13.8. The van der Waals surface area contributed by atoms with Crippen molar-refractivity contribution in [1.29, 1.82) is 0 Å². The Bertz CT molecular complexity index is 1020. The SMILES string of the molecule is CC(C)(O)CCCC1(C)OC(=O)C23CCC4=C(CC=C5C(C)(C)[C@@H](O)CC[C@@]54C)[C@]2(C)CC[C@]13O. The Kier molecular flexibility index (Phi) is 5.26. The summed E-state index contributed by atoms with van der Waals surface area (Å²) in [6.07, 6.45) is 9.09. The fourth-order valence-electron chi connectivity index (χ4n) is 9.48. The van der Waals surface area contributed by atoms with E-state index in [9.17, 15) is 20.1 Å². The number of carbonyl (C=O) groups excluding carboxylic acids is 1. The molecule has 1 heterocycles. The van der Waals surface area contributed by atoms with E-state index >= 15 is 0 Å². The lowest BCUT2D eigenvalue weighted by Crippen LogP contribution is -2.60. The predicted molar refractivity (Wildman–Crippen MR) is 135 cm³/mol. The summed E-state index contributed by atoms with van der Waals surface area (Å²) in [5, 5.41) is 33.4. The second-order valence-corrected chi connectivity index (χ2v) is 14.3. The third-order valence-corrected chi connectivity index (χ3v) is 11.6. The van der Waals surface area contributed by atoms with Crippen molar-refractivity contribution >= 4 is 5.97 Å². The van der Waals surface area contributed by atoms with Crippen LogP contribution in [0, 0.1) is 21.7 Å². The van der Waals surface area contributed by atoms with Crippen LogP contribution < -0.4 is 0 Å². The van der Waals surface area contributed by atoms with Gasteiger partial charge in [0.1, 0.15) is 16.6 Å². The Morgan fingerprint density at radius 1 is 1.06 bits per heavy atom. The van der Waals surface area contributed by atoms with Crippen LogP contribution >= 0.6 is 0 Å². The second-order valence-electron chi connectivity index (χ2n) is 14.3. The molecule has 196 valence electrons. The van der Waals surface area contributed by atoms with Gasteiger partial charge in [0, 0.05) is 16.2 Å². The number of rotatable bonds is 4. The van der Waals surface area contributed by atoms with Gasteiger partial charge in [0.15, 0.2) is 0 Å². The highest BCUT2D eigenvalue weighted by molar-refractivity contribution is 5.86. The summed E-state index contributed by atoms with van der Waals surface area (Å²) in [6, 6.07) is 0.